The minimum atomic E-state index is 0.0285. The van der Waals surface area contributed by atoms with Crippen LogP contribution in [0.2, 0.25) is 0 Å². The predicted molar refractivity (Wildman–Crippen MR) is 90.9 cm³/mol. The summed E-state index contributed by atoms with van der Waals surface area (Å²) in [5.41, 5.74) is 2.05. The van der Waals surface area contributed by atoms with Crippen molar-refractivity contribution in [1.82, 2.24) is 9.55 Å². The minimum Gasteiger partial charge on any atom is -0.494 e. The van der Waals surface area contributed by atoms with E-state index in [2.05, 4.69) is 4.98 Å². The second kappa shape index (κ2) is 5.93. The van der Waals surface area contributed by atoms with Gasteiger partial charge in [0.15, 0.2) is 0 Å². The second-order valence-corrected chi connectivity index (χ2v) is 6.21. The third-order valence-electron chi connectivity index (χ3n) is 3.65. The Morgan fingerprint density at radius 2 is 1.95 bits per heavy atom. The lowest BCUT2D eigenvalue weighted by molar-refractivity contribution is 0.340. The van der Waals surface area contributed by atoms with Crippen molar-refractivity contribution in [3.05, 3.63) is 45.8 Å². The quantitative estimate of drug-likeness (QED) is 0.734. The molecule has 3 aromatic rings. The number of aromatic nitrogens is 2. The Morgan fingerprint density at radius 1 is 1.23 bits per heavy atom. The third kappa shape index (κ3) is 2.41. The van der Waals surface area contributed by atoms with Crippen molar-refractivity contribution < 1.29 is 4.74 Å². The molecular formula is C17H18N2O2S. The summed E-state index contributed by atoms with van der Waals surface area (Å²) >= 11 is 1.57. The van der Waals surface area contributed by atoms with E-state index >= 15 is 0 Å². The summed E-state index contributed by atoms with van der Waals surface area (Å²) < 4.78 is 7.13. The van der Waals surface area contributed by atoms with E-state index in [1.807, 2.05) is 45.0 Å². The first kappa shape index (κ1) is 14.8. The molecule has 114 valence electrons. The van der Waals surface area contributed by atoms with Crippen LogP contribution in [0, 0.1) is 6.92 Å². The molecule has 0 bridgehead atoms. The van der Waals surface area contributed by atoms with Crippen molar-refractivity contribution in [2.45, 2.75) is 27.3 Å². The Labute approximate surface area is 133 Å². The average molecular weight is 314 g/mol. The fourth-order valence-corrected chi connectivity index (χ4v) is 3.60. The highest BCUT2D eigenvalue weighted by Gasteiger charge is 2.16. The number of fused-ring (bicyclic) bond motifs is 1. The van der Waals surface area contributed by atoms with Crippen LogP contribution in [0.15, 0.2) is 35.4 Å². The summed E-state index contributed by atoms with van der Waals surface area (Å²) in [4.78, 5) is 19.0. The van der Waals surface area contributed by atoms with Gasteiger partial charge in [-0.05, 0) is 38.5 Å². The maximum Gasteiger partial charge on any atom is 0.262 e. The second-order valence-electron chi connectivity index (χ2n) is 5.01. The summed E-state index contributed by atoms with van der Waals surface area (Å²) in [6.07, 6.45) is 1.63. The summed E-state index contributed by atoms with van der Waals surface area (Å²) in [6.45, 7) is 7.21. The lowest BCUT2D eigenvalue weighted by Gasteiger charge is -2.06. The van der Waals surface area contributed by atoms with Crippen molar-refractivity contribution >= 4 is 21.6 Å². The highest BCUT2D eigenvalue weighted by Crippen LogP contribution is 2.36. The zero-order valence-corrected chi connectivity index (χ0v) is 13.7. The van der Waals surface area contributed by atoms with E-state index in [1.54, 1.807) is 22.2 Å². The van der Waals surface area contributed by atoms with Crippen LogP contribution in [0.4, 0.5) is 0 Å². The molecule has 1 aromatic carbocycles. The van der Waals surface area contributed by atoms with E-state index in [4.69, 9.17) is 4.74 Å². The zero-order chi connectivity index (χ0) is 15.7. The molecule has 4 nitrogen and oxygen atoms in total. The van der Waals surface area contributed by atoms with Gasteiger partial charge in [-0.1, -0.05) is 12.1 Å². The van der Waals surface area contributed by atoms with Gasteiger partial charge in [0.1, 0.15) is 10.6 Å². The standard InChI is InChI=1S/C17H18N2O2S/c1-4-19-10-18-16-15(17(19)20)14(11(3)22-16)12-6-8-13(9-7-12)21-5-2/h6-10H,4-5H2,1-3H3. The molecule has 0 aliphatic carbocycles. The van der Waals surface area contributed by atoms with E-state index in [0.717, 1.165) is 32.0 Å². The molecule has 2 heterocycles. The highest BCUT2D eigenvalue weighted by atomic mass is 32.1. The molecule has 0 saturated heterocycles. The van der Waals surface area contributed by atoms with Gasteiger partial charge in [0.05, 0.1) is 18.3 Å². The summed E-state index contributed by atoms with van der Waals surface area (Å²) in [5, 5.41) is 0.719. The molecule has 0 saturated carbocycles. The minimum absolute atomic E-state index is 0.0285. The zero-order valence-electron chi connectivity index (χ0n) is 12.9. The number of rotatable bonds is 4. The van der Waals surface area contributed by atoms with Gasteiger partial charge in [-0.25, -0.2) is 4.98 Å². The molecule has 0 N–H and O–H groups in total. The van der Waals surface area contributed by atoms with E-state index in [-0.39, 0.29) is 5.56 Å². The normalized spacial score (nSPS) is 11.0. The van der Waals surface area contributed by atoms with Crippen molar-refractivity contribution in [2.75, 3.05) is 6.61 Å². The number of nitrogens with zero attached hydrogens (tertiary/aromatic N) is 2. The van der Waals surface area contributed by atoms with Crippen molar-refractivity contribution in [3.63, 3.8) is 0 Å². The van der Waals surface area contributed by atoms with Crippen LogP contribution in [-0.4, -0.2) is 16.2 Å². The molecule has 0 radical (unpaired) electrons. The van der Waals surface area contributed by atoms with Crippen molar-refractivity contribution in [1.29, 1.82) is 0 Å². The van der Waals surface area contributed by atoms with Gasteiger partial charge in [0.2, 0.25) is 0 Å². The van der Waals surface area contributed by atoms with Gasteiger partial charge in [0.25, 0.3) is 5.56 Å². The topological polar surface area (TPSA) is 44.1 Å². The largest absolute Gasteiger partial charge is 0.494 e. The summed E-state index contributed by atoms with van der Waals surface area (Å²) in [5.74, 6) is 0.840. The molecule has 0 atom stereocenters. The van der Waals surface area contributed by atoms with Crippen LogP contribution < -0.4 is 10.3 Å². The molecule has 22 heavy (non-hydrogen) atoms. The highest BCUT2D eigenvalue weighted by molar-refractivity contribution is 7.19. The third-order valence-corrected chi connectivity index (χ3v) is 4.66. The molecule has 0 aliphatic heterocycles. The smallest absolute Gasteiger partial charge is 0.262 e. The average Bonchev–Trinajstić information content (AvgIpc) is 2.86. The summed E-state index contributed by atoms with van der Waals surface area (Å²) in [7, 11) is 0. The van der Waals surface area contributed by atoms with Crippen LogP contribution in [0.3, 0.4) is 0 Å². The molecule has 0 spiro atoms. The lowest BCUT2D eigenvalue weighted by Crippen LogP contribution is -2.19. The first-order chi connectivity index (χ1) is 10.7. The van der Waals surface area contributed by atoms with E-state index in [1.165, 1.54) is 0 Å². The predicted octanol–water partition coefficient (Wildman–Crippen LogP) is 3.85. The fraction of sp³-hybridized carbons (Fsp3) is 0.294. The van der Waals surface area contributed by atoms with Gasteiger partial charge in [-0.2, -0.15) is 0 Å². The molecule has 0 fully saturated rings. The number of ether oxygens (including phenoxy) is 1. The van der Waals surface area contributed by atoms with Crippen molar-refractivity contribution in [2.24, 2.45) is 0 Å². The van der Waals surface area contributed by atoms with Crippen LogP contribution in [0.25, 0.3) is 21.3 Å². The Balaban J connectivity index is 2.21. The molecule has 2 aromatic heterocycles. The van der Waals surface area contributed by atoms with E-state index < -0.39 is 0 Å². The number of benzene rings is 1. The number of aryl methyl sites for hydroxylation is 2. The molecule has 0 unspecified atom stereocenters. The molecule has 3 rings (SSSR count). The van der Waals surface area contributed by atoms with Crippen LogP contribution in [0.1, 0.15) is 18.7 Å². The maximum atomic E-state index is 12.6. The Hall–Kier alpha value is -2.14. The Kier molecular flexibility index (Phi) is 3.98. The van der Waals surface area contributed by atoms with Gasteiger partial charge in [-0.15, -0.1) is 11.3 Å². The first-order valence-electron chi connectivity index (χ1n) is 7.37. The molecule has 0 amide bonds. The van der Waals surface area contributed by atoms with Crippen LogP contribution >= 0.6 is 11.3 Å². The number of hydrogen-bond donors (Lipinski definition) is 0. The number of thiophene rings is 1. The lowest BCUT2D eigenvalue weighted by atomic mass is 10.0. The molecule has 0 aliphatic rings. The number of hydrogen-bond acceptors (Lipinski definition) is 4. The first-order valence-corrected chi connectivity index (χ1v) is 8.19. The van der Waals surface area contributed by atoms with Gasteiger partial charge < -0.3 is 4.74 Å². The van der Waals surface area contributed by atoms with E-state index in [0.29, 0.717) is 13.2 Å². The van der Waals surface area contributed by atoms with Crippen LogP contribution in [-0.2, 0) is 6.54 Å². The maximum absolute atomic E-state index is 12.6. The van der Waals surface area contributed by atoms with Gasteiger partial charge >= 0.3 is 0 Å². The van der Waals surface area contributed by atoms with Gasteiger partial charge in [0, 0.05) is 17.0 Å². The molecule has 5 heteroatoms. The Morgan fingerprint density at radius 3 is 2.59 bits per heavy atom. The Bertz CT molecular complexity index is 863. The summed E-state index contributed by atoms with van der Waals surface area (Å²) in [6, 6.07) is 7.89. The van der Waals surface area contributed by atoms with E-state index in [9.17, 15) is 4.79 Å². The monoisotopic (exact) mass is 314 g/mol. The fourth-order valence-electron chi connectivity index (χ4n) is 2.59. The van der Waals surface area contributed by atoms with Crippen molar-refractivity contribution in [3.8, 4) is 16.9 Å². The van der Waals surface area contributed by atoms with Crippen LogP contribution in [0.5, 0.6) is 5.75 Å². The SMILES string of the molecule is CCOc1ccc(-c2c(C)sc3ncn(CC)c(=O)c23)cc1. The van der Waals surface area contributed by atoms with Gasteiger partial charge in [-0.3, -0.25) is 9.36 Å². The molecular weight excluding hydrogens is 296 g/mol.